The van der Waals surface area contributed by atoms with Crippen LogP contribution in [0.25, 0.3) is 6.08 Å². The van der Waals surface area contributed by atoms with Gasteiger partial charge in [-0.3, -0.25) is 14.2 Å². The quantitative estimate of drug-likeness (QED) is 0.346. The molecule has 1 atom stereocenters. The van der Waals surface area contributed by atoms with Gasteiger partial charge in [-0.05, 0) is 67.7 Å². The number of amides is 1. The Morgan fingerprint density at radius 3 is 2.58 bits per heavy atom. The molecule has 10 nitrogen and oxygen atoms in total. The molecule has 3 aliphatic rings. The molecule has 1 saturated heterocycles. The second-order valence-electron chi connectivity index (χ2n) is 10.5. The summed E-state index contributed by atoms with van der Waals surface area (Å²) in [6, 6.07) is 12.0. The fourth-order valence-electron chi connectivity index (χ4n) is 5.53. The zero-order valence-corrected chi connectivity index (χ0v) is 25.0. The van der Waals surface area contributed by atoms with E-state index in [-0.39, 0.29) is 31.5 Å². The summed E-state index contributed by atoms with van der Waals surface area (Å²) in [6.45, 7) is 5.66. The van der Waals surface area contributed by atoms with Crippen molar-refractivity contribution in [2.45, 2.75) is 45.6 Å². The minimum Gasteiger partial charge on any atom is -0.484 e. The maximum atomic E-state index is 14.0. The van der Waals surface area contributed by atoms with Crippen molar-refractivity contribution < 1.29 is 28.5 Å². The molecule has 224 valence electrons. The van der Waals surface area contributed by atoms with Crippen molar-refractivity contribution in [2.24, 2.45) is 4.99 Å². The number of benzene rings is 2. The summed E-state index contributed by atoms with van der Waals surface area (Å²) < 4.78 is 24.3. The van der Waals surface area contributed by atoms with Crippen LogP contribution in [0.1, 0.15) is 56.7 Å². The van der Waals surface area contributed by atoms with Gasteiger partial charge in [0.25, 0.3) is 11.5 Å². The van der Waals surface area contributed by atoms with E-state index in [0.29, 0.717) is 49.8 Å². The third kappa shape index (κ3) is 5.81. The van der Waals surface area contributed by atoms with E-state index in [4.69, 9.17) is 23.9 Å². The molecule has 0 spiro atoms. The Morgan fingerprint density at radius 1 is 1.07 bits per heavy atom. The first-order valence-corrected chi connectivity index (χ1v) is 15.4. The number of thiazole rings is 1. The van der Waals surface area contributed by atoms with Crippen molar-refractivity contribution in [1.29, 1.82) is 0 Å². The third-order valence-corrected chi connectivity index (χ3v) is 8.59. The first kappa shape index (κ1) is 28.7. The van der Waals surface area contributed by atoms with Crippen molar-refractivity contribution >= 4 is 29.3 Å². The Bertz CT molecular complexity index is 1750. The van der Waals surface area contributed by atoms with Gasteiger partial charge >= 0.3 is 5.97 Å². The summed E-state index contributed by atoms with van der Waals surface area (Å²) in [5, 5.41) is 0. The van der Waals surface area contributed by atoms with Crippen LogP contribution in [0.3, 0.4) is 0 Å². The van der Waals surface area contributed by atoms with Crippen LogP contribution in [-0.4, -0.2) is 54.4 Å². The molecule has 0 unspecified atom stereocenters. The average molecular weight is 604 g/mol. The van der Waals surface area contributed by atoms with Gasteiger partial charge < -0.3 is 23.8 Å². The predicted octanol–water partition coefficient (Wildman–Crippen LogP) is 3.31. The van der Waals surface area contributed by atoms with Gasteiger partial charge in [0.15, 0.2) is 22.9 Å². The number of hydrogen-bond donors (Lipinski definition) is 0. The van der Waals surface area contributed by atoms with Crippen LogP contribution >= 0.6 is 11.3 Å². The van der Waals surface area contributed by atoms with Gasteiger partial charge in [-0.25, -0.2) is 9.79 Å². The Hall–Kier alpha value is -4.38. The van der Waals surface area contributed by atoms with Crippen LogP contribution in [-0.2, 0) is 14.3 Å². The van der Waals surface area contributed by atoms with Crippen molar-refractivity contribution in [2.75, 3.05) is 33.1 Å². The molecule has 3 aromatic rings. The molecule has 43 heavy (non-hydrogen) atoms. The highest BCUT2D eigenvalue weighted by atomic mass is 32.1. The summed E-state index contributed by atoms with van der Waals surface area (Å²) in [6.07, 6.45) is 5.19. The topological polar surface area (TPSA) is 109 Å². The highest BCUT2D eigenvalue weighted by Gasteiger charge is 2.35. The number of ether oxygens (including phenoxy) is 4. The molecule has 3 aliphatic heterocycles. The minimum absolute atomic E-state index is 0.000692. The molecule has 0 saturated carbocycles. The van der Waals surface area contributed by atoms with Gasteiger partial charge in [-0.1, -0.05) is 42.9 Å². The lowest BCUT2D eigenvalue weighted by molar-refractivity contribution is -0.139. The molecule has 11 heteroatoms. The van der Waals surface area contributed by atoms with E-state index < -0.39 is 12.0 Å². The van der Waals surface area contributed by atoms with Crippen LogP contribution in [0.15, 0.2) is 63.5 Å². The van der Waals surface area contributed by atoms with Crippen LogP contribution in [0, 0.1) is 0 Å². The molecule has 0 radical (unpaired) electrons. The van der Waals surface area contributed by atoms with E-state index in [1.807, 2.05) is 36.1 Å². The Labute approximate surface area is 252 Å². The molecule has 0 N–H and O–H groups in total. The SMILES string of the molecule is CCCC1=C(C(=O)OCC)[C@H](c2ccc3c(c2)OCO3)n2c(s/c(=C/c3ccc(OCC(=O)N4CCCC4)cc3)c2=O)=N1. The summed E-state index contributed by atoms with van der Waals surface area (Å²) >= 11 is 1.27. The molecule has 0 bridgehead atoms. The zero-order valence-electron chi connectivity index (χ0n) is 24.2. The van der Waals surface area contributed by atoms with Crippen LogP contribution < -0.4 is 29.1 Å². The van der Waals surface area contributed by atoms with Crippen LogP contribution in [0.4, 0.5) is 0 Å². The lowest BCUT2D eigenvalue weighted by Crippen LogP contribution is -2.40. The molecular formula is C32H33N3O7S. The van der Waals surface area contributed by atoms with Gasteiger partial charge in [0, 0.05) is 13.1 Å². The second kappa shape index (κ2) is 12.5. The minimum atomic E-state index is -0.738. The highest BCUT2D eigenvalue weighted by molar-refractivity contribution is 7.07. The monoisotopic (exact) mass is 603 g/mol. The van der Waals surface area contributed by atoms with Crippen molar-refractivity contribution in [1.82, 2.24) is 9.47 Å². The number of allylic oxidation sites excluding steroid dienone is 1. The van der Waals surface area contributed by atoms with Crippen molar-refractivity contribution in [3.8, 4) is 17.2 Å². The molecule has 1 amide bonds. The molecular weight excluding hydrogens is 570 g/mol. The lowest BCUT2D eigenvalue weighted by Gasteiger charge is -2.25. The van der Waals surface area contributed by atoms with Gasteiger partial charge in [0.05, 0.1) is 28.5 Å². The van der Waals surface area contributed by atoms with Crippen LogP contribution in [0.2, 0.25) is 0 Å². The maximum Gasteiger partial charge on any atom is 0.338 e. The zero-order chi connectivity index (χ0) is 29.9. The largest absolute Gasteiger partial charge is 0.484 e. The number of fused-ring (bicyclic) bond motifs is 2. The van der Waals surface area contributed by atoms with Crippen molar-refractivity contribution in [3.63, 3.8) is 0 Å². The van der Waals surface area contributed by atoms with E-state index in [2.05, 4.69) is 0 Å². The lowest BCUT2D eigenvalue weighted by atomic mass is 9.94. The number of esters is 1. The summed E-state index contributed by atoms with van der Waals surface area (Å²) in [5.41, 5.74) is 2.20. The number of rotatable bonds is 9. The Morgan fingerprint density at radius 2 is 1.84 bits per heavy atom. The molecule has 0 aliphatic carbocycles. The molecule has 6 rings (SSSR count). The maximum absolute atomic E-state index is 14.0. The predicted molar refractivity (Wildman–Crippen MR) is 160 cm³/mol. The summed E-state index contributed by atoms with van der Waals surface area (Å²) in [5.74, 6) is 1.24. The number of nitrogens with zero attached hydrogens (tertiary/aromatic N) is 3. The number of hydrogen-bond acceptors (Lipinski definition) is 9. The molecule has 4 heterocycles. The fourth-order valence-corrected chi connectivity index (χ4v) is 6.55. The summed E-state index contributed by atoms with van der Waals surface area (Å²) in [4.78, 5) is 46.8. The van der Waals surface area contributed by atoms with E-state index in [9.17, 15) is 14.4 Å². The van der Waals surface area contributed by atoms with E-state index in [1.165, 1.54) is 11.3 Å². The fraction of sp³-hybridized carbons (Fsp3) is 0.375. The second-order valence-corrected chi connectivity index (χ2v) is 11.5. The Balaban J connectivity index is 1.36. The van der Waals surface area contributed by atoms with Gasteiger partial charge in [-0.2, -0.15) is 0 Å². The third-order valence-electron chi connectivity index (χ3n) is 7.60. The standard InChI is InChI=1S/C32H33N3O7S/c1-3-7-23-28(31(38)39-4-2)29(21-10-13-24-25(17-21)42-19-41-24)35-30(37)26(43-32(35)33-23)16-20-8-11-22(12-9-20)40-18-27(36)34-14-5-6-15-34/h8-13,16-17,29H,3-7,14-15,18-19H2,1-2H3/b26-16+/t29-/m0/s1. The van der Waals surface area contributed by atoms with Gasteiger partial charge in [0.1, 0.15) is 5.75 Å². The van der Waals surface area contributed by atoms with E-state index in [1.54, 1.807) is 35.8 Å². The first-order valence-electron chi connectivity index (χ1n) is 14.6. The number of aromatic nitrogens is 1. The Kier molecular flexibility index (Phi) is 8.33. The molecule has 1 aromatic heterocycles. The average Bonchev–Trinajstić information content (AvgIpc) is 3.77. The van der Waals surface area contributed by atoms with Crippen molar-refractivity contribution in [3.05, 3.63) is 84.5 Å². The van der Waals surface area contributed by atoms with Crippen LogP contribution in [0.5, 0.6) is 17.2 Å². The first-order chi connectivity index (χ1) is 21.0. The molecule has 1 fully saturated rings. The van der Waals surface area contributed by atoms with Gasteiger partial charge in [-0.15, -0.1) is 0 Å². The highest BCUT2D eigenvalue weighted by Crippen LogP contribution is 2.38. The number of carbonyl (C=O) groups is 2. The smallest absolute Gasteiger partial charge is 0.338 e. The van der Waals surface area contributed by atoms with E-state index in [0.717, 1.165) is 37.9 Å². The molecule has 2 aromatic carbocycles. The van der Waals surface area contributed by atoms with Gasteiger partial charge in [0.2, 0.25) is 6.79 Å². The number of likely N-dealkylation sites (tertiary alicyclic amines) is 1. The number of carbonyl (C=O) groups excluding carboxylic acids is 2. The summed E-state index contributed by atoms with van der Waals surface area (Å²) in [7, 11) is 0. The normalized spacial score (nSPS) is 17.6. The van der Waals surface area contributed by atoms with E-state index >= 15 is 0 Å².